The van der Waals surface area contributed by atoms with E-state index < -0.39 is 11.2 Å². The van der Waals surface area contributed by atoms with Crippen molar-refractivity contribution in [2.24, 2.45) is 0 Å². The van der Waals surface area contributed by atoms with Gasteiger partial charge in [0, 0.05) is 0 Å². The van der Waals surface area contributed by atoms with Gasteiger partial charge in [-0.15, -0.1) is 0 Å². The summed E-state index contributed by atoms with van der Waals surface area (Å²) in [5.41, 5.74) is 0. The van der Waals surface area contributed by atoms with Gasteiger partial charge in [-0.3, -0.25) is 0 Å². The fourth-order valence-electron chi connectivity index (χ4n) is 0.372. The van der Waals surface area contributed by atoms with Crippen LogP contribution in [-0.2, 0) is 4.84 Å². The van der Waals surface area contributed by atoms with Crippen molar-refractivity contribution in [2.45, 2.75) is 5.97 Å². The maximum absolute atomic E-state index is 10.4. The molecule has 1 atom stereocenters. The standard InChI is InChI=1S/C5H7N4O2/c1-6-5(7-2,8-3)11-9(4)10/h1-3,9H,4H3/q+3. The number of hydrogen-bond donors (Lipinski definition) is 1. The first-order chi connectivity index (χ1) is 5.10. The van der Waals surface area contributed by atoms with E-state index >= 15 is 0 Å². The molecule has 6 nitrogen and oxygen atoms in total. The zero-order chi connectivity index (χ0) is 8.91. The number of nitrogens with zero attached hydrogens (tertiary/aromatic N) is 3. The second kappa shape index (κ2) is 3.50. The fourth-order valence-corrected chi connectivity index (χ4v) is 0.372. The van der Waals surface area contributed by atoms with E-state index in [0.717, 1.165) is 7.05 Å². The zero-order valence-electron chi connectivity index (χ0n) is 5.89. The van der Waals surface area contributed by atoms with Crippen molar-refractivity contribution >= 4 is 0 Å². The molecule has 0 fully saturated rings. The summed E-state index contributed by atoms with van der Waals surface area (Å²) in [6.07, 6.45) is 0. The zero-order valence-corrected chi connectivity index (χ0v) is 5.89. The summed E-state index contributed by atoms with van der Waals surface area (Å²) >= 11 is 0. The molecule has 0 aromatic heterocycles. The van der Waals surface area contributed by atoms with Crippen molar-refractivity contribution in [3.8, 4) is 19.7 Å². The van der Waals surface area contributed by atoms with E-state index in [9.17, 15) is 5.21 Å². The Hall–Kier alpha value is -1.65. The van der Waals surface area contributed by atoms with Crippen molar-refractivity contribution in [1.82, 2.24) is 0 Å². The Morgan fingerprint density at radius 1 is 1.27 bits per heavy atom. The molecule has 0 aromatic rings. The van der Waals surface area contributed by atoms with Crippen LogP contribution in [0.25, 0.3) is 14.5 Å². The van der Waals surface area contributed by atoms with E-state index in [2.05, 4.69) is 19.4 Å². The highest BCUT2D eigenvalue weighted by Gasteiger charge is 2.74. The first kappa shape index (κ1) is 9.35. The normalized spacial score (nSPS) is 12.3. The molecule has 1 unspecified atom stereocenters. The Kier molecular flexibility index (Phi) is 2.98. The first-order valence-electron chi connectivity index (χ1n) is 2.56. The van der Waals surface area contributed by atoms with Crippen molar-refractivity contribution in [1.29, 1.82) is 0 Å². The first-order valence-corrected chi connectivity index (χ1v) is 2.56. The molecule has 0 saturated heterocycles. The molecule has 0 amide bonds. The van der Waals surface area contributed by atoms with Gasteiger partial charge in [0.15, 0.2) is 0 Å². The average Bonchev–Trinajstić information content (AvgIpc) is 2.00. The van der Waals surface area contributed by atoms with Crippen LogP contribution in [0.3, 0.4) is 0 Å². The van der Waals surface area contributed by atoms with Crippen LogP contribution in [0, 0.1) is 24.9 Å². The third kappa shape index (κ3) is 2.21. The molecule has 11 heavy (non-hydrogen) atoms. The van der Waals surface area contributed by atoms with Gasteiger partial charge in [0.25, 0.3) is 19.7 Å². The van der Waals surface area contributed by atoms with Gasteiger partial charge in [0.05, 0.1) is 11.9 Å². The molecule has 0 radical (unpaired) electrons. The van der Waals surface area contributed by atoms with Gasteiger partial charge in [-0.2, -0.15) is 0 Å². The summed E-state index contributed by atoms with van der Waals surface area (Å²) in [5, 5.41) is 9.68. The van der Waals surface area contributed by atoms with Crippen LogP contribution in [-0.4, -0.2) is 13.0 Å². The molecule has 1 N–H and O–H groups in total. The molecular formula is C5H7N4O2+3. The lowest BCUT2D eigenvalue weighted by Gasteiger charge is -2.04. The molecular weight excluding hydrogens is 148 g/mol. The molecule has 0 saturated carbocycles. The van der Waals surface area contributed by atoms with Crippen molar-refractivity contribution < 1.29 is 10.1 Å². The van der Waals surface area contributed by atoms with Crippen LogP contribution in [0.5, 0.6) is 0 Å². The summed E-state index contributed by atoms with van der Waals surface area (Å²) in [6.45, 7) is 14.3. The van der Waals surface area contributed by atoms with Crippen LogP contribution in [0.2, 0.25) is 0 Å². The highest BCUT2D eigenvalue weighted by atomic mass is 16.9. The molecule has 56 valence electrons. The Labute approximate surface area is 63.6 Å². The number of quaternary nitrogens is 1. The minimum atomic E-state index is -1.99. The predicted octanol–water partition coefficient (Wildman–Crippen LogP) is -0.570. The Morgan fingerprint density at radius 2 is 1.64 bits per heavy atom. The number of nitrogens with one attached hydrogen (secondary N) is 1. The van der Waals surface area contributed by atoms with E-state index in [1.165, 1.54) is 0 Å². The molecule has 0 aliphatic carbocycles. The Balaban J connectivity index is 4.54. The van der Waals surface area contributed by atoms with Crippen LogP contribution in [0.4, 0.5) is 0 Å². The van der Waals surface area contributed by atoms with Gasteiger partial charge >= 0.3 is 5.97 Å². The van der Waals surface area contributed by atoms with Crippen LogP contribution >= 0.6 is 0 Å². The lowest BCUT2D eigenvalue weighted by Crippen LogP contribution is -3.04. The summed E-state index contributed by atoms with van der Waals surface area (Å²) in [4.78, 5) is 13.3. The summed E-state index contributed by atoms with van der Waals surface area (Å²) in [5.74, 6) is -1.99. The van der Waals surface area contributed by atoms with Gasteiger partial charge in [0.1, 0.15) is 14.5 Å². The monoisotopic (exact) mass is 155 g/mol. The topological polar surface area (TPSA) is 49.8 Å². The van der Waals surface area contributed by atoms with E-state index in [4.69, 9.17) is 19.7 Å². The van der Waals surface area contributed by atoms with E-state index in [1.807, 2.05) is 0 Å². The van der Waals surface area contributed by atoms with Gasteiger partial charge < -0.3 is 5.21 Å². The van der Waals surface area contributed by atoms with Gasteiger partial charge in [-0.1, -0.05) is 0 Å². The van der Waals surface area contributed by atoms with Gasteiger partial charge in [0.2, 0.25) is 0 Å². The SMILES string of the molecule is C#[N+]C([N+]#C)([N+]#C)O[NH+](C)[O-]. The van der Waals surface area contributed by atoms with Crippen molar-refractivity contribution in [3.05, 3.63) is 19.7 Å². The largest absolute Gasteiger partial charge is 1.06 e. The third-order valence-corrected chi connectivity index (χ3v) is 0.785. The maximum Gasteiger partial charge on any atom is 1.06 e. The second-order valence-electron chi connectivity index (χ2n) is 1.55. The Morgan fingerprint density at radius 3 is 1.73 bits per heavy atom. The number of hydrogen-bond acceptors (Lipinski definition) is 2. The number of hydroxylamine groups is 2. The molecule has 0 spiro atoms. The van der Waals surface area contributed by atoms with Crippen LogP contribution < -0.4 is 5.23 Å². The van der Waals surface area contributed by atoms with Gasteiger partial charge in [-0.05, 0) is 0 Å². The highest BCUT2D eigenvalue weighted by molar-refractivity contribution is 5.08. The minimum absolute atomic E-state index is 0.692. The van der Waals surface area contributed by atoms with Crippen molar-refractivity contribution in [2.75, 3.05) is 7.05 Å². The van der Waals surface area contributed by atoms with E-state index in [1.54, 1.807) is 0 Å². The molecule has 0 aromatic carbocycles. The third-order valence-electron chi connectivity index (χ3n) is 0.785. The van der Waals surface area contributed by atoms with Crippen LogP contribution in [0.1, 0.15) is 0 Å². The molecule has 0 heterocycles. The summed E-state index contributed by atoms with van der Waals surface area (Å²) in [7, 11) is 1.12. The van der Waals surface area contributed by atoms with E-state index in [0.29, 0.717) is 0 Å². The lowest BCUT2D eigenvalue weighted by atomic mass is 10.8. The molecule has 0 bridgehead atoms. The Bertz CT molecular complexity index is 217. The minimum Gasteiger partial charge on any atom is -0.599 e. The molecule has 0 rings (SSSR count). The predicted molar refractivity (Wildman–Crippen MR) is 39.0 cm³/mol. The quantitative estimate of drug-likeness (QED) is 0.543. The fraction of sp³-hybridized carbons (Fsp3) is 0.400. The van der Waals surface area contributed by atoms with Gasteiger partial charge in [-0.25, -0.2) is 5.23 Å². The second-order valence-corrected chi connectivity index (χ2v) is 1.55. The van der Waals surface area contributed by atoms with Crippen LogP contribution in [0.15, 0.2) is 0 Å². The number of rotatable bonds is 2. The molecule has 6 heteroatoms. The lowest BCUT2D eigenvalue weighted by molar-refractivity contribution is -1.04. The average molecular weight is 155 g/mol. The molecule has 0 aliphatic heterocycles. The summed E-state index contributed by atoms with van der Waals surface area (Å²) < 4.78 is 0. The smallest absolute Gasteiger partial charge is 0.599 e. The highest BCUT2D eigenvalue weighted by Crippen LogP contribution is 2.12. The maximum atomic E-state index is 10.4. The van der Waals surface area contributed by atoms with Crippen molar-refractivity contribution in [3.63, 3.8) is 0 Å². The summed E-state index contributed by atoms with van der Waals surface area (Å²) in [6, 6.07) is 0. The van der Waals surface area contributed by atoms with E-state index in [-0.39, 0.29) is 0 Å². The molecule has 0 aliphatic rings.